The Morgan fingerprint density at radius 1 is 0.971 bits per heavy atom. The van der Waals surface area contributed by atoms with Gasteiger partial charge in [0.25, 0.3) is 0 Å². The second-order valence-electron chi connectivity index (χ2n) is 9.53. The number of thioether (sulfide) groups is 1. The lowest BCUT2D eigenvalue weighted by molar-refractivity contribution is -0.125. The molecule has 0 unspecified atom stereocenters. The van der Waals surface area contributed by atoms with Crippen molar-refractivity contribution in [2.75, 3.05) is 49.1 Å². The summed E-state index contributed by atoms with van der Waals surface area (Å²) in [7, 11) is 0. The minimum atomic E-state index is -0.410. The summed E-state index contributed by atoms with van der Waals surface area (Å²) < 4.78 is 0. The van der Waals surface area contributed by atoms with Crippen molar-refractivity contribution in [3.63, 3.8) is 0 Å². The van der Waals surface area contributed by atoms with Gasteiger partial charge in [-0.2, -0.15) is 15.0 Å². The second kappa shape index (κ2) is 15.1. The number of nitrogens with two attached hydrogens (primary N) is 1. The van der Waals surface area contributed by atoms with Crippen LogP contribution in [0, 0.1) is 5.41 Å². The number of aromatic nitrogens is 3. The fourth-order valence-electron chi connectivity index (χ4n) is 2.98. The SMILES string of the molecule is CCCC(C)(C)C(=O)CNc1nc(NCC(=O)NCCCNC(C)(C)CC)nc(SCCN)n1. The first-order valence-electron chi connectivity index (χ1n) is 12.1. The molecule has 0 saturated carbocycles. The number of anilines is 2. The van der Waals surface area contributed by atoms with Crippen molar-refractivity contribution < 1.29 is 9.59 Å². The van der Waals surface area contributed by atoms with E-state index in [0.29, 0.717) is 29.9 Å². The number of hydrogen-bond donors (Lipinski definition) is 5. The summed E-state index contributed by atoms with van der Waals surface area (Å²) in [6.07, 6.45) is 3.64. The molecule has 0 atom stereocenters. The van der Waals surface area contributed by atoms with Crippen LogP contribution in [0.3, 0.4) is 0 Å². The molecule has 6 N–H and O–H groups in total. The van der Waals surface area contributed by atoms with Gasteiger partial charge in [0.05, 0.1) is 13.1 Å². The first kappa shape index (κ1) is 30.1. The Morgan fingerprint density at radius 3 is 2.21 bits per heavy atom. The van der Waals surface area contributed by atoms with E-state index in [0.717, 1.165) is 32.2 Å². The lowest BCUT2D eigenvalue weighted by atomic mass is 9.83. The second-order valence-corrected chi connectivity index (χ2v) is 10.6. The molecule has 11 heteroatoms. The predicted molar refractivity (Wildman–Crippen MR) is 140 cm³/mol. The molecule has 34 heavy (non-hydrogen) atoms. The van der Waals surface area contributed by atoms with E-state index in [1.807, 2.05) is 13.8 Å². The number of rotatable bonds is 18. The maximum Gasteiger partial charge on any atom is 0.239 e. The molecule has 0 fully saturated rings. The third-order valence-electron chi connectivity index (χ3n) is 5.57. The monoisotopic (exact) mass is 496 g/mol. The largest absolute Gasteiger partial charge is 0.355 e. The maximum absolute atomic E-state index is 12.6. The molecule has 0 bridgehead atoms. The smallest absolute Gasteiger partial charge is 0.239 e. The van der Waals surface area contributed by atoms with E-state index in [4.69, 9.17) is 5.73 Å². The number of carbonyl (C=O) groups is 2. The van der Waals surface area contributed by atoms with E-state index in [1.54, 1.807) is 0 Å². The molecule has 1 aromatic heterocycles. The third kappa shape index (κ3) is 11.9. The number of ketones is 1. The standard InChI is InChI=1S/C23H44N8O2S/c1-7-10-22(3,4)17(32)15-26-19-29-20(31-21(30-19)34-14-11-24)27-16-18(33)25-12-9-13-28-23(5,6)8-2/h28H,7-16,24H2,1-6H3,(H,25,33)(H2,26,27,29,30,31). The van der Waals surface area contributed by atoms with Crippen molar-refractivity contribution >= 4 is 35.3 Å². The van der Waals surface area contributed by atoms with Gasteiger partial charge in [0.1, 0.15) is 0 Å². The Labute approximate surface area is 208 Å². The molecule has 0 spiro atoms. The zero-order valence-corrected chi connectivity index (χ0v) is 22.5. The van der Waals surface area contributed by atoms with Gasteiger partial charge in [0.15, 0.2) is 10.9 Å². The van der Waals surface area contributed by atoms with Crippen LogP contribution < -0.4 is 27.0 Å². The van der Waals surface area contributed by atoms with E-state index in [1.165, 1.54) is 11.8 Å². The van der Waals surface area contributed by atoms with Crippen LogP contribution in [-0.2, 0) is 9.59 Å². The van der Waals surface area contributed by atoms with Gasteiger partial charge in [0.2, 0.25) is 17.8 Å². The van der Waals surface area contributed by atoms with Gasteiger partial charge in [-0.3, -0.25) is 9.59 Å². The van der Waals surface area contributed by atoms with Gasteiger partial charge >= 0.3 is 0 Å². The van der Waals surface area contributed by atoms with Gasteiger partial charge in [0, 0.05) is 29.8 Å². The van der Waals surface area contributed by atoms with Crippen LogP contribution >= 0.6 is 11.8 Å². The molecule has 0 aliphatic carbocycles. The molecule has 1 rings (SSSR count). The summed E-state index contributed by atoms with van der Waals surface area (Å²) in [4.78, 5) is 37.8. The number of Topliss-reactive ketones (excluding diaryl/α,β-unsaturated/α-hetero) is 1. The Hall–Kier alpha value is -1.98. The average Bonchev–Trinajstić information content (AvgIpc) is 2.79. The molecule has 1 amide bonds. The topological polar surface area (TPSA) is 147 Å². The highest BCUT2D eigenvalue weighted by Crippen LogP contribution is 2.23. The number of nitrogens with one attached hydrogen (secondary N) is 4. The quantitative estimate of drug-likeness (QED) is 0.152. The highest BCUT2D eigenvalue weighted by molar-refractivity contribution is 7.99. The predicted octanol–water partition coefficient (Wildman–Crippen LogP) is 2.43. The molecule has 10 nitrogen and oxygen atoms in total. The van der Waals surface area contributed by atoms with Crippen LogP contribution in [0.5, 0.6) is 0 Å². The molecule has 1 aromatic rings. The van der Waals surface area contributed by atoms with Gasteiger partial charge in [-0.1, -0.05) is 45.9 Å². The van der Waals surface area contributed by atoms with Crippen LogP contribution in [0.2, 0.25) is 0 Å². The van der Waals surface area contributed by atoms with E-state index < -0.39 is 5.41 Å². The zero-order valence-electron chi connectivity index (χ0n) is 21.7. The van der Waals surface area contributed by atoms with Crippen LogP contribution in [0.1, 0.15) is 67.2 Å². The number of amides is 1. The zero-order chi connectivity index (χ0) is 25.6. The molecule has 1 heterocycles. The average molecular weight is 497 g/mol. The first-order valence-corrected chi connectivity index (χ1v) is 13.1. The summed E-state index contributed by atoms with van der Waals surface area (Å²) in [5, 5.41) is 12.8. The van der Waals surface area contributed by atoms with Gasteiger partial charge in [-0.15, -0.1) is 0 Å². The van der Waals surface area contributed by atoms with E-state index in [-0.39, 0.29) is 36.3 Å². The molecule has 0 radical (unpaired) electrons. The summed E-state index contributed by atoms with van der Waals surface area (Å²) in [6.45, 7) is 14.5. The number of hydrogen-bond acceptors (Lipinski definition) is 10. The van der Waals surface area contributed by atoms with Gasteiger partial charge < -0.3 is 27.0 Å². The van der Waals surface area contributed by atoms with E-state index in [9.17, 15) is 9.59 Å². The lowest BCUT2D eigenvalue weighted by Crippen LogP contribution is -2.40. The Morgan fingerprint density at radius 2 is 1.62 bits per heavy atom. The molecule has 0 aliphatic heterocycles. The van der Waals surface area contributed by atoms with Crippen LogP contribution in [-0.4, -0.2) is 70.7 Å². The summed E-state index contributed by atoms with van der Waals surface area (Å²) >= 11 is 1.39. The Bertz CT molecular complexity index is 773. The fraction of sp³-hybridized carbons (Fsp3) is 0.783. The number of nitrogens with zero attached hydrogens (tertiary/aromatic N) is 3. The minimum Gasteiger partial charge on any atom is -0.355 e. The summed E-state index contributed by atoms with van der Waals surface area (Å²) in [5.41, 5.74) is 5.29. The normalized spacial score (nSPS) is 11.9. The summed E-state index contributed by atoms with van der Waals surface area (Å²) in [5.74, 6) is 1.17. The highest BCUT2D eigenvalue weighted by atomic mass is 32.2. The van der Waals surface area contributed by atoms with E-state index in [2.05, 4.69) is 63.9 Å². The first-order chi connectivity index (χ1) is 16.0. The maximum atomic E-state index is 12.6. The Kier molecular flexibility index (Phi) is 13.4. The van der Waals surface area contributed by atoms with Crippen molar-refractivity contribution in [3.8, 4) is 0 Å². The minimum absolute atomic E-state index is 0.0425. The molecule has 194 valence electrons. The molecular weight excluding hydrogens is 452 g/mol. The molecule has 0 aliphatic rings. The molecule has 0 saturated heterocycles. The lowest BCUT2D eigenvalue weighted by Gasteiger charge is -2.24. The van der Waals surface area contributed by atoms with Crippen LogP contribution in [0.4, 0.5) is 11.9 Å². The fourth-order valence-corrected chi connectivity index (χ4v) is 3.58. The molecule has 0 aromatic carbocycles. The van der Waals surface area contributed by atoms with Crippen molar-refractivity contribution in [3.05, 3.63) is 0 Å². The summed E-state index contributed by atoms with van der Waals surface area (Å²) in [6, 6.07) is 0. The van der Waals surface area contributed by atoms with E-state index >= 15 is 0 Å². The molecular formula is C23H44N8O2S. The van der Waals surface area contributed by atoms with Crippen LogP contribution in [0.25, 0.3) is 0 Å². The van der Waals surface area contributed by atoms with Crippen molar-refractivity contribution in [1.29, 1.82) is 0 Å². The van der Waals surface area contributed by atoms with Crippen LogP contribution in [0.15, 0.2) is 5.16 Å². The third-order valence-corrected chi connectivity index (χ3v) is 6.45. The van der Waals surface area contributed by atoms with Crippen molar-refractivity contribution in [1.82, 2.24) is 25.6 Å². The Balaban J connectivity index is 2.62. The number of carbonyl (C=O) groups excluding carboxylic acids is 2. The highest BCUT2D eigenvalue weighted by Gasteiger charge is 2.26. The van der Waals surface area contributed by atoms with Gasteiger partial charge in [-0.05, 0) is 39.7 Å². The van der Waals surface area contributed by atoms with Gasteiger partial charge in [-0.25, -0.2) is 0 Å². The van der Waals surface area contributed by atoms with Crippen molar-refractivity contribution in [2.24, 2.45) is 11.1 Å². The van der Waals surface area contributed by atoms with Crippen molar-refractivity contribution in [2.45, 2.75) is 77.9 Å².